The van der Waals surface area contributed by atoms with Crippen LogP contribution < -0.4 is 10.9 Å². The van der Waals surface area contributed by atoms with E-state index < -0.39 is 0 Å². The van der Waals surface area contributed by atoms with Crippen LogP contribution in [-0.4, -0.2) is 25.5 Å². The zero-order valence-corrected chi connectivity index (χ0v) is 8.13. The largest absolute Gasteiger partial charge is 0.246 e. The monoisotopic (exact) mass is 203 g/mol. The molecule has 7 heteroatoms. The zero-order chi connectivity index (χ0) is 8.44. The highest BCUT2D eigenvalue weighted by atomic mass is 32.2. The Balaban J connectivity index is 2.02. The Bertz CT molecular complexity index is 242. The van der Waals surface area contributed by atoms with Gasteiger partial charge >= 0.3 is 0 Å². The summed E-state index contributed by atoms with van der Waals surface area (Å²) >= 11 is 3.45. The van der Waals surface area contributed by atoms with Crippen molar-refractivity contribution in [3.8, 4) is 0 Å². The highest BCUT2D eigenvalue weighted by molar-refractivity contribution is 8.18. The molecule has 0 radical (unpaired) electrons. The first-order chi connectivity index (χ1) is 5.79. The van der Waals surface area contributed by atoms with Gasteiger partial charge in [0.25, 0.3) is 0 Å². The fourth-order valence-corrected chi connectivity index (χ4v) is 2.85. The first-order valence-electron chi connectivity index (χ1n) is 3.47. The van der Waals surface area contributed by atoms with E-state index >= 15 is 0 Å². The number of H-pyrrole nitrogens is 1. The average Bonchev–Trinajstić information content (AvgIpc) is 2.62. The summed E-state index contributed by atoms with van der Waals surface area (Å²) < 4.78 is -0.0309. The molecule has 1 saturated heterocycles. The SMILES string of the molecule is CC1(Sc2cn[nH]n2)NNCS1. The van der Waals surface area contributed by atoms with Crippen molar-refractivity contribution in [3.63, 3.8) is 0 Å². The van der Waals surface area contributed by atoms with Gasteiger partial charge in [0, 0.05) is 0 Å². The maximum atomic E-state index is 3.97. The molecule has 0 saturated carbocycles. The van der Waals surface area contributed by atoms with Gasteiger partial charge in [-0.2, -0.15) is 10.3 Å². The molecule has 0 bridgehead atoms. The Morgan fingerprint density at radius 3 is 3.25 bits per heavy atom. The lowest BCUT2D eigenvalue weighted by Gasteiger charge is -2.19. The van der Waals surface area contributed by atoms with E-state index in [1.807, 2.05) is 0 Å². The first kappa shape index (κ1) is 8.36. The van der Waals surface area contributed by atoms with Gasteiger partial charge in [-0.15, -0.1) is 16.9 Å². The van der Waals surface area contributed by atoms with E-state index in [-0.39, 0.29) is 4.20 Å². The molecule has 1 fully saturated rings. The zero-order valence-electron chi connectivity index (χ0n) is 6.50. The average molecular weight is 203 g/mol. The summed E-state index contributed by atoms with van der Waals surface area (Å²) in [6.07, 6.45) is 1.72. The molecular formula is C5H9N5S2. The number of nitrogens with one attached hydrogen (secondary N) is 3. The third-order valence-electron chi connectivity index (χ3n) is 1.43. The van der Waals surface area contributed by atoms with Crippen molar-refractivity contribution in [2.45, 2.75) is 16.2 Å². The molecule has 3 N–H and O–H groups in total. The molecule has 2 rings (SSSR count). The maximum Gasteiger partial charge on any atom is 0.141 e. The van der Waals surface area contributed by atoms with Crippen LogP contribution in [-0.2, 0) is 0 Å². The van der Waals surface area contributed by atoms with Crippen LogP contribution in [0.2, 0.25) is 0 Å². The molecule has 0 aromatic carbocycles. The molecule has 1 aliphatic rings. The number of thioether (sulfide) groups is 2. The second-order valence-corrected chi connectivity index (χ2v) is 5.54. The third kappa shape index (κ3) is 1.74. The fourth-order valence-electron chi connectivity index (χ4n) is 0.901. The van der Waals surface area contributed by atoms with Crippen molar-refractivity contribution in [3.05, 3.63) is 6.20 Å². The standard InChI is InChI=1S/C5H9N5S2/c1-5(9-7-3-11-5)12-4-2-6-10-8-4/h2,7,9H,3H2,1H3,(H,6,8,10). The number of aromatic amines is 1. The van der Waals surface area contributed by atoms with Crippen molar-refractivity contribution >= 4 is 23.5 Å². The molecule has 1 unspecified atom stereocenters. The van der Waals surface area contributed by atoms with Crippen molar-refractivity contribution in [1.82, 2.24) is 26.3 Å². The number of hydrazine groups is 1. The predicted molar refractivity (Wildman–Crippen MR) is 49.4 cm³/mol. The van der Waals surface area contributed by atoms with E-state index in [0.717, 1.165) is 10.9 Å². The van der Waals surface area contributed by atoms with Gasteiger partial charge in [-0.25, -0.2) is 10.9 Å². The topological polar surface area (TPSA) is 65.6 Å². The predicted octanol–water partition coefficient (Wildman–Crippen LogP) is 0.369. The molecule has 12 heavy (non-hydrogen) atoms. The maximum absolute atomic E-state index is 3.97. The summed E-state index contributed by atoms with van der Waals surface area (Å²) in [4.78, 5) is 0. The van der Waals surface area contributed by atoms with E-state index in [4.69, 9.17) is 0 Å². The summed E-state index contributed by atoms with van der Waals surface area (Å²) in [5, 5.41) is 11.2. The van der Waals surface area contributed by atoms with Crippen LogP contribution in [0.5, 0.6) is 0 Å². The summed E-state index contributed by atoms with van der Waals surface area (Å²) in [7, 11) is 0. The molecule has 1 aliphatic heterocycles. The van der Waals surface area contributed by atoms with Crippen molar-refractivity contribution in [2.75, 3.05) is 5.88 Å². The van der Waals surface area contributed by atoms with Crippen molar-refractivity contribution in [1.29, 1.82) is 0 Å². The minimum atomic E-state index is -0.0309. The van der Waals surface area contributed by atoms with Gasteiger partial charge in [-0.3, -0.25) is 0 Å². The molecule has 5 nitrogen and oxygen atoms in total. The van der Waals surface area contributed by atoms with Crippen LogP contribution in [0.4, 0.5) is 0 Å². The Labute approximate surface area is 78.4 Å². The summed E-state index contributed by atoms with van der Waals surface area (Å²) in [5.74, 6) is 0.918. The van der Waals surface area contributed by atoms with Crippen molar-refractivity contribution < 1.29 is 0 Å². The first-order valence-corrected chi connectivity index (χ1v) is 5.27. The van der Waals surface area contributed by atoms with Crippen LogP contribution in [0.15, 0.2) is 11.2 Å². The van der Waals surface area contributed by atoms with Gasteiger partial charge in [0.2, 0.25) is 0 Å². The number of nitrogens with zero attached hydrogens (tertiary/aromatic N) is 2. The number of rotatable bonds is 2. The highest BCUT2D eigenvalue weighted by Crippen LogP contribution is 2.39. The van der Waals surface area contributed by atoms with Gasteiger partial charge < -0.3 is 0 Å². The van der Waals surface area contributed by atoms with Crippen LogP contribution in [0.1, 0.15) is 6.92 Å². The lowest BCUT2D eigenvalue weighted by atomic mass is 10.8. The van der Waals surface area contributed by atoms with Crippen LogP contribution in [0.3, 0.4) is 0 Å². The highest BCUT2D eigenvalue weighted by Gasteiger charge is 2.30. The lowest BCUT2D eigenvalue weighted by molar-refractivity contribution is 0.587. The molecule has 1 aromatic rings. The Kier molecular flexibility index (Phi) is 2.26. The number of hydrogen-bond acceptors (Lipinski definition) is 6. The summed E-state index contributed by atoms with van der Waals surface area (Å²) in [6, 6.07) is 0. The van der Waals surface area contributed by atoms with Crippen LogP contribution >= 0.6 is 23.5 Å². The summed E-state index contributed by atoms with van der Waals surface area (Å²) in [5.41, 5.74) is 6.22. The smallest absolute Gasteiger partial charge is 0.141 e. The van der Waals surface area contributed by atoms with E-state index in [1.165, 1.54) is 0 Å². The van der Waals surface area contributed by atoms with Gasteiger partial charge in [-0.1, -0.05) is 11.8 Å². The lowest BCUT2D eigenvalue weighted by Crippen LogP contribution is -2.36. The molecule has 0 amide bonds. The Hall–Kier alpha value is -0.240. The Morgan fingerprint density at radius 1 is 1.75 bits per heavy atom. The second-order valence-electron chi connectivity index (χ2n) is 2.45. The molecule has 1 atom stereocenters. The van der Waals surface area contributed by atoms with Crippen LogP contribution in [0.25, 0.3) is 0 Å². The quantitative estimate of drug-likeness (QED) is 0.645. The number of hydrogen-bond donors (Lipinski definition) is 3. The van der Waals surface area contributed by atoms with Gasteiger partial charge in [-0.05, 0) is 6.92 Å². The summed E-state index contributed by atoms with van der Waals surface area (Å²) in [6.45, 7) is 2.11. The van der Waals surface area contributed by atoms with E-state index in [1.54, 1.807) is 29.7 Å². The molecule has 2 heterocycles. The second kappa shape index (κ2) is 3.25. The van der Waals surface area contributed by atoms with E-state index in [0.29, 0.717) is 0 Å². The van der Waals surface area contributed by atoms with Crippen LogP contribution in [0, 0.1) is 0 Å². The number of aromatic nitrogens is 3. The normalized spacial score (nSPS) is 29.4. The molecule has 0 aliphatic carbocycles. The fraction of sp³-hybridized carbons (Fsp3) is 0.600. The third-order valence-corrected chi connectivity index (χ3v) is 3.87. The van der Waals surface area contributed by atoms with E-state index in [2.05, 4.69) is 33.2 Å². The Morgan fingerprint density at radius 2 is 2.67 bits per heavy atom. The van der Waals surface area contributed by atoms with Gasteiger partial charge in [0.05, 0.1) is 12.1 Å². The molecule has 1 aromatic heterocycles. The molecule has 0 spiro atoms. The van der Waals surface area contributed by atoms with Gasteiger partial charge in [0.15, 0.2) is 0 Å². The molecule has 66 valence electrons. The van der Waals surface area contributed by atoms with E-state index in [9.17, 15) is 0 Å². The molecular weight excluding hydrogens is 194 g/mol. The van der Waals surface area contributed by atoms with Gasteiger partial charge in [0.1, 0.15) is 9.23 Å². The minimum absolute atomic E-state index is 0.0309. The minimum Gasteiger partial charge on any atom is -0.246 e. The van der Waals surface area contributed by atoms with Crippen molar-refractivity contribution in [2.24, 2.45) is 0 Å².